The first-order valence-corrected chi connectivity index (χ1v) is 7.94. The minimum atomic E-state index is -0.954. The Morgan fingerprint density at radius 3 is 2.28 bits per heavy atom. The van der Waals surface area contributed by atoms with E-state index < -0.39 is 10.8 Å². The largest absolute Gasteiger partial charge is 0.327 e. The van der Waals surface area contributed by atoms with Gasteiger partial charge in [-0.1, -0.05) is 32.9 Å². The molecule has 1 saturated carbocycles. The van der Waals surface area contributed by atoms with Gasteiger partial charge in [0.1, 0.15) is 0 Å². The summed E-state index contributed by atoms with van der Waals surface area (Å²) in [5, 5.41) is 0. The predicted octanol–water partition coefficient (Wildman–Crippen LogP) is 2.83. The molecular formula is C15H23NOS. The average Bonchev–Trinajstić information content (AvgIpc) is 3.11. The van der Waals surface area contributed by atoms with E-state index in [1.54, 1.807) is 0 Å². The molecule has 1 aromatic rings. The number of hydrogen-bond acceptors (Lipinski definition) is 2. The number of hydrogen-bond donors (Lipinski definition) is 1. The van der Waals surface area contributed by atoms with Crippen LogP contribution in [0.4, 0.5) is 0 Å². The molecule has 2 nitrogen and oxygen atoms in total. The summed E-state index contributed by atoms with van der Waals surface area (Å²) < 4.78 is 12.2. The lowest BCUT2D eigenvalue weighted by Gasteiger charge is -2.19. The van der Waals surface area contributed by atoms with Crippen molar-refractivity contribution < 1.29 is 4.21 Å². The van der Waals surface area contributed by atoms with Crippen molar-refractivity contribution in [3.05, 3.63) is 29.8 Å². The fourth-order valence-electron chi connectivity index (χ4n) is 2.04. The van der Waals surface area contributed by atoms with Gasteiger partial charge >= 0.3 is 0 Å². The topological polar surface area (TPSA) is 43.1 Å². The summed E-state index contributed by atoms with van der Waals surface area (Å²) in [6.07, 6.45) is 2.42. The molecule has 3 heteroatoms. The van der Waals surface area contributed by atoms with Crippen LogP contribution in [0.2, 0.25) is 0 Å². The highest BCUT2D eigenvalue weighted by Gasteiger charge is 2.29. The van der Waals surface area contributed by atoms with Crippen LogP contribution in [0.1, 0.15) is 39.2 Å². The lowest BCUT2D eigenvalue weighted by Crippen LogP contribution is -2.29. The van der Waals surface area contributed by atoms with Crippen LogP contribution >= 0.6 is 0 Å². The van der Waals surface area contributed by atoms with Gasteiger partial charge in [0.15, 0.2) is 0 Å². The summed E-state index contributed by atoms with van der Waals surface area (Å²) >= 11 is 0. The molecule has 18 heavy (non-hydrogen) atoms. The second-order valence-corrected chi connectivity index (χ2v) is 7.78. The third-order valence-corrected chi connectivity index (χ3v) is 5.04. The Balaban J connectivity index is 2.02. The molecule has 2 rings (SSSR count). The van der Waals surface area contributed by atoms with Crippen LogP contribution in [-0.4, -0.2) is 16.0 Å². The standard InChI is InChI=1S/C15H23NOS/c1-15(2,3)12-6-8-13(9-7-12)18(17)10-14(16)11-4-5-11/h6-9,11,14H,4-5,10,16H2,1-3H3. The first kappa shape index (κ1) is 13.8. The van der Waals surface area contributed by atoms with Crippen molar-refractivity contribution in [2.24, 2.45) is 11.7 Å². The third-order valence-electron chi connectivity index (χ3n) is 3.55. The molecule has 0 spiro atoms. The normalized spacial score (nSPS) is 19.6. The lowest BCUT2D eigenvalue weighted by molar-refractivity contribution is 0.589. The summed E-state index contributed by atoms with van der Waals surface area (Å²) in [5.74, 6) is 1.21. The molecule has 0 aromatic heterocycles. The highest BCUT2D eigenvalue weighted by Crippen LogP contribution is 2.32. The van der Waals surface area contributed by atoms with Gasteiger partial charge in [0.25, 0.3) is 0 Å². The average molecular weight is 265 g/mol. The molecule has 2 atom stereocenters. The molecule has 0 amide bonds. The van der Waals surface area contributed by atoms with E-state index >= 15 is 0 Å². The fourth-order valence-corrected chi connectivity index (χ4v) is 3.29. The molecule has 0 aliphatic heterocycles. The van der Waals surface area contributed by atoms with Crippen LogP contribution in [0.3, 0.4) is 0 Å². The monoisotopic (exact) mass is 265 g/mol. The molecule has 1 aliphatic carbocycles. The van der Waals surface area contributed by atoms with Crippen LogP contribution in [0, 0.1) is 5.92 Å². The number of nitrogens with two attached hydrogens (primary N) is 1. The molecule has 0 bridgehead atoms. The molecule has 2 unspecified atom stereocenters. The zero-order valence-corrected chi connectivity index (χ0v) is 12.3. The zero-order valence-electron chi connectivity index (χ0n) is 11.5. The first-order chi connectivity index (χ1) is 8.38. The van der Waals surface area contributed by atoms with Gasteiger partial charge in [0.05, 0.1) is 10.8 Å². The molecule has 0 heterocycles. The Morgan fingerprint density at radius 1 is 1.28 bits per heavy atom. The number of benzene rings is 1. The van der Waals surface area contributed by atoms with Crippen molar-refractivity contribution in [1.82, 2.24) is 0 Å². The van der Waals surface area contributed by atoms with E-state index in [0.717, 1.165) is 4.90 Å². The SMILES string of the molecule is CC(C)(C)c1ccc(S(=O)CC(N)C2CC2)cc1. The minimum Gasteiger partial charge on any atom is -0.327 e. The van der Waals surface area contributed by atoms with Gasteiger partial charge in [-0.3, -0.25) is 4.21 Å². The molecule has 1 aliphatic rings. The molecule has 100 valence electrons. The number of rotatable bonds is 4. The van der Waals surface area contributed by atoms with Crippen molar-refractivity contribution in [2.75, 3.05) is 5.75 Å². The Hall–Kier alpha value is -0.670. The predicted molar refractivity (Wildman–Crippen MR) is 77.1 cm³/mol. The van der Waals surface area contributed by atoms with E-state index in [9.17, 15) is 4.21 Å². The van der Waals surface area contributed by atoms with Gasteiger partial charge in [0, 0.05) is 16.7 Å². The van der Waals surface area contributed by atoms with Crippen molar-refractivity contribution in [3.8, 4) is 0 Å². The third kappa shape index (κ3) is 3.42. The van der Waals surface area contributed by atoms with Gasteiger partial charge in [-0.2, -0.15) is 0 Å². The molecular weight excluding hydrogens is 242 g/mol. The highest BCUT2D eigenvalue weighted by atomic mass is 32.2. The summed E-state index contributed by atoms with van der Waals surface area (Å²) in [6, 6.07) is 8.23. The van der Waals surface area contributed by atoms with Crippen molar-refractivity contribution >= 4 is 10.8 Å². The summed E-state index contributed by atoms with van der Waals surface area (Å²) in [4.78, 5) is 0.902. The Bertz CT molecular complexity index is 429. The molecule has 2 N–H and O–H groups in total. The van der Waals surface area contributed by atoms with E-state index in [4.69, 9.17) is 5.73 Å². The lowest BCUT2D eigenvalue weighted by atomic mass is 9.87. The van der Waals surface area contributed by atoms with Crippen molar-refractivity contribution in [3.63, 3.8) is 0 Å². The highest BCUT2D eigenvalue weighted by molar-refractivity contribution is 7.85. The molecule has 1 aromatic carbocycles. The van der Waals surface area contributed by atoms with Crippen LogP contribution in [-0.2, 0) is 16.2 Å². The smallest absolute Gasteiger partial charge is 0.0545 e. The summed E-state index contributed by atoms with van der Waals surface area (Å²) in [7, 11) is -0.954. The fraction of sp³-hybridized carbons (Fsp3) is 0.600. The second kappa shape index (κ2) is 5.14. The maximum atomic E-state index is 12.2. The van der Waals surface area contributed by atoms with Crippen molar-refractivity contribution in [2.45, 2.75) is 50.0 Å². The van der Waals surface area contributed by atoms with E-state index in [2.05, 4.69) is 32.9 Å². The van der Waals surface area contributed by atoms with Crippen LogP contribution in [0.15, 0.2) is 29.2 Å². The Kier molecular flexibility index (Phi) is 3.93. The molecule has 1 fully saturated rings. The van der Waals surface area contributed by atoms with Crippen LogP contribution < -0.4 is 5.73 Å². The van der Waals surface area contributed by atoms with Crippen LogP contribution in [0.25, 0.3) is 0 Å². The Labute approximate surface area is 112 Å². The van der Waals surface area contributed by atoms with E-state index in [0.29, 0.717) is 11.7 Å². The summed E-state index contributed by atoms with van der Waals surface area (Å²) in [6.45, 7) is 6.55. The van der Waals surface area contributed by atoms with E-state index in [-0.39, 0.29) is 11.5 Å². The minimum absolute atomic E-state index is 0.105. The maximum Gasteiger partial charge on any atom is 0.0545 e. The van der Waals surface area contributed by atoms with E-state index in [1.165, 1.54) is 18.4 Å². The Morgan fingerprint density at radius 2 is 1.83 bits per heavy atom. The molecule has 0 saturated heterocycles. The first-order valence-electron chi connectivity index (χ1n) is 6.62. The maximum absolute atomic E-state index is 12.2. The summed E-state index contributed by atoms with van der Waals surface area (Å²) in [5.41, 5.74) is 7.44. The van der Waals surface area contributed by atoms with Gasteiger partial charge in [0.2, 0.25) is 0 Å². The van der Waals surface area contributed by atoms with Crippen molar-refractivity contribution in [1.29, 1.82) is 0 Å². The van der Waals surface area contributed by atoms with Gasteiger partial charge in [-0.25, -0.2) is 0 Å². The van der Waals surface area contributed by atoms with Gasteiger partial charge in [-0.05, 0) is 41.9 Å². The molecule has 0 radical (unpaired) electrons. The van der Waals surface area contributed by atoms with Gasteiger partial charge < -0.3 is 5.73 Å². The second-order valence-electron chi connectivity index (χ2n) is 6.29. The van der Waals surface area contributed by atoms with E-state index in [1.807, 2.05) is 12.1 Å². The quantitative estimate of drug-likeness (QED) is 0.909. The van der Waals surface area contributed by atoms with Crippen LogP contribution in [0.5, 0.6) is 0 Å². The zero-order chi connectivity index (χ0) is 13.3. The van der Waals surface area contributed by atoms with Gasteiger partial charge in [-0.15, -0.1) is 0 Å².